The number of thiophene rings is 1. The van der Waals surface area contributed by atoms with Gasteiger partial charge in [0, 0.05) is 5.02 Å². The van der Waals surface area contributed by atoms with Crippen LogP contribution in [0.3, 0.4) is 0 Å². The van der Waals surface area contributed by atoms with Crippen molar-refractivity contribution in [1.82, 2.24) is 0 Å². The highest BCUT2D eigenvalue weighted by Crippen LogP contribution is 2.34. The van der Waals surface area contributed by atoms with E-state index in [9.17, 15) is 18.8 Å². The van der Waals surface area contributed by atoms with E-state index in [-0.39, 0.29) is 40.2 Å². The van der Waals surface area contributed by atoms with Crippen LogP contribution in [0.25, 0.3) is 0 Å². The number of ketones is 1. The van der Waals surface area contributed by atoms with Crippen LogP contribution in [-0.2, 0) is 9.53 Å². The second kappa shape index (κ2) is 8.96. The van der Waals surface area contributed by atoms with Gasteiger partial charge in [0.05, 0.1) is 29.3 Å². The van der Waals surface area contributed by atoms with Gasteiger partial charge in [0.1, 0.15) is 10.8 Å². The van der Waals surface area contributed by atoms with Crippen LogP contribution in [-0.4, -0.2) is 30.8 Å². The minimum Gasteiger partial charge on any atom is -0.462 e. The van der Waals surface area contributed by atoms with Gasteiger partial charge in [-0.05, 0) is 44.5 Å². The summed E-state index contributed by atoms with van der Waals surface area (Å²) in [6, 6.07) is 4.03. The fourth-order valence-corrected chi connectivity index (χ4v) is 3.63. The summed E-state index contributed by atoms with van der Waals surface area (Å²) in [6.45, 7) is 4.58. The molecular weight excluding hydrogens is 395 g/mol. The van der Waals surface area contributed by atoms with Gasteiger partial charge >= 0.3 is 5.97 Å². The standard InChI is InChI=1S/C18H18ClFN2O4S/c1-4-26-18(25)15-9(2)16(10(3)23)27-17(15)22-14(24)8-21-13-6-5-11(19)7-12(13)20/h5-7,21H,4,8H2,1-3H3,(H,22,24). The van der Waals surface area contributed by atoms with Crippen LogP contribution >= 0.6 is 22.9 Å². The summed E-state index contributed by atoms with van der Waals surface area (Å²) in [5, 5.41) is 5.70. The lowest BCUT2D eigenvalue weighted by Crippen LogP contribution is -2.23. The van der Waals surface area contributed by atoms with Crippen LogP contribution in [0.5, 0.6) is 0 Å². The number of hydrogen-bond donors (Lipinski definition) is 2. The Labute approximate surface area is 164 Å². The van der Waals surface area contributed by atoms with Gasteiger partial charge < -0.3 is 15.4 Å². The number of esters is 1. The number of carbonyl (C=O) groups is 3. The molecule has 0 bridgehead atoms. The molecule has 0 saturated carbocycles. The van der Waals surface area contributed by atoms with Gasteiger partial charge in [-0.1, -0.05) is 11.6 Å². The lowest BCUT2D eigenvalue weighted by molar-refractivity contribution is -0.114. The number of anilines is 2. The van der Waals surface area contributed by atoms with Gasteiger partial charge in [0.2, 0.25) is 5.91 Å². The maximum atomic E-state index is 13.8. The molecule has 0 spiro atoms. The zero-order valence-corrected chi connectivity index (χ0v) is 16.5. The Balaban J connectivity index is 2.17. The van der Waals surface area contributed by atoms with E-state index < -0.39 is 17.7 Å². The quantitative estimate of drug-likeness (QED) is 0.523. The normalized spacial score (nSPS) is 10.4. The van der Waals surface area contributed by atoms with E-state index >= 15 is 0 Å². The zero-order valence-electron chi connectivity index (χ0n) is 14.9. The van der Waals surface area contributed by atoms with Crippen molar-refractivity contribution in [1.29, 1.82) is 0 Å². The van der Waals surface area contributed by atoms with Crippen molar-refractivity contribution in [2.45, 2.75) is 20.8 Å². The molecule has 1 amide bonds. The summed E-state index contributed by atoms with van der Waals surface area (Å²) in [5.74, 6) is -1.93. The van der Waals surface area contributed by atoms with Gasteiger partial charge in [-0.25, -0.2) is 9.18 Å². The number of ether oxygens (including phenoxy) is 1. The predicted octanol–water partition coefficient (Wildman–Crippen LogP) is 4.28. The fraction of sp³-hybridized carbons (Fsp3) is 0.278. The van der Waals surface area contributed by atoms with Crippen molar-refractivity contribution in [3.63, 3.8) is 0 Å². The molecule has 1 aromatic heterocycles. The van der Waals surface area contributed by atoms with Crippen molar-refractivity contribution < 1.29 is 23.5 Å². The van der Waals surface area contributed by atoms with Crippen molar-refractivity contribution in [3.05, 3.63) is 45.0 Å². The number of carbonyl (C=O) groups excluding carboxylic acids is 3. The first-order valence-corrected chi connectivity index (χ1v) is 9.24. The van der Waals surface area contributed by atoms with E-state index in [0.717, 1.165) is 17.4 Å². The second-order valence-electron chi connectivity index (χ2n) is 5.56. The van der Waals surface area contributed by atoms with E-state index in [1.807, 2.05) is 0 Å². The summed E-state index contributed by atoms with van der Waals surface area (Å²) < 4.78 is 18.8. The second-order valence-corrected chi connectivity index (χ2v) is 7.02. The molecule has 1 heterocycles. The highest BCUT2D eigenvalue weighted by molar-refractivity contribution is 7.18. The predicted molar refractivity (Wildman–Crippen MR) is 104 cm³/mol. The molecular formula is C18H18ClFN2O4S. The van der Waals surface area contributed by atoms with Crippen molar-refractivity contribution in [2.24, 2.45) is 0 Å². The van der Waals surface area contributed by atoms with E-state index in [1.54, 1.807) is 13.8 Å². The van der Waals surface area contributed by atoms with Gasteiger partial charge in [-0.3, -0.25) is 9.59 Å². The van der Waals surface area contributed by atoms with Crippen molar-refractivity contribution in [2.75, 3.05) is 23.8 Å². The first-order valence-electron chi connectivity index (χ1n) is 8.04. The van der Waals surface area contributed by atoms with Crippen molar-refractivity contribution in [3.8, 4) is 0 Å². The molecule has 0 saturated heterocycles. The summed E-state index contributed by atoms with van der Waals surface area (Å²) in [6.07, 6.45) is 0. The molecule has 2 rings (SSSR count). The smallest absolute Gasteiger partial charge is 0.341 e. The topological polar surface area (TPSA) is 84.5 Å². The molecule has 0 unspecified atom stereocenters. The summed E-state index contributed by atoms with van der Waals surface area (Å²) >= 11 is 6.69. The first kappa shape index (κ1) is 20.9. The zero-order chi connectivity index (χ0) is 20.1. The Morgan fingerprint density at radius 1 is 1.30 bits per heavy atom. The van der Waals surface area contributed by atoms with Gasteiger partial charge in [0.25, 0.3) is 0 Å². The molecule has 0 aliphatic heterocycles. The monoisotopic (exact) mass is 412 g/mol. The highest BCUT2D eigenvalue weighted by Gasteiger charge is 2.25. The van der Waals surface area contributed by atoms with Crippen LogP contribution in [0, 0.1) is 12.7 Å². The Morgan fingerprint density at radius 3 is 2.59 bits per heavy atom. The Morgan fingerprint density at radius 2 is 2.00 bits per heavy atom. The molecule has 6 nitrogen and oxygen atoms in total. The molecule has 0 aliphatic carbocycles. The average Bonchev–Trinajstić information content (AvgIpc) is 2.90. The van der Waals surface area contributed by atoms with Crippen LogP contribution in [0.15, 0.2) is 18.2 Å². The number of halogens is 2. The number of nitrogens with one attached hydrogen (secondary N) is 2. The van der Waals surface area contributed by atoms with Gasteiger partial charge in [-0.15, -0.1) is 11.3 Å². The molecule has 144 valence electrons. The third-order valence-electron chi connectivity index (χ3n) is 3.57. The fourth-order valence-electron chi connectivity index (χ4n) is 2.37. The number of rotatable bonds is 7. The summed E-state index contributed by atoms with van der Waals surface area (Å²) in [4.78, 5) is 36.6. The molecule has 27 heavy (non-hydrogen) atoms. The third-order valence-corrected chi connectivity index (χ3v) is 5.11. The van der Waals surface area contributed by atoms with Crippen LogP contribution in [0.1, 0.15) is 39.4 Å². The molecule has 0 aliphatic rings. The number of hydrogen-bond acceptors (Lipinski definition) is 6. The molecule has 9 heteroatoms. The number of amides is 1. The molecule has 0 atom stereocenters. The molecule has 0 radical (unpaired) electrons. The Kier molecular flexibility index (Phi) is 6.92. The molecule has 1 aromatic carbocycles. The molecule has 0 fully saturated rings. The molecule has 2 aromatic rings. The SMILES string of the molecule is CCOC(=O)c1c(NC(=O)CNc2ccc(Cl)cc2F)sc(C(C)=O)c1C. The van der Waals surface area contributed by atoms with Gasteiger partial charge in [0.15, 0.2) is 5.78 Å². The lowest BCUT2D eigenvalue weighted by Gasteiger charge is -2.09. The van der Waals surface area contributed by atoms with Crippen LogP contribution < -0.4 is 10.6 Å². The number of Topliss-reactive ketones (excluding diaryl/α,β-unsaturated/α-hetero) is 1. The highest BCUT2D eigenvalue weighted by atomic mass is 35.5. The number of benzene rings is 1. The van der Waals surface area contributed by atoms with E-state index in [0.29, 0.717) is 10.4 Å². The largest absolute Gasteiger partial charge is 0.462 e. The van der Waals surface area contributed by atoms with Gasteiger partial charge in [-0.2, -0.15) is 0 Å². The van der Waals surface area contributed by atoms with Crippen LogP contribution in [0.2, 0.25) is 5.02 Å². The minimum atomic E-state index is -0.620. The maximum absolute atomic E-state index is 13.8. The first-order chi connectivity index (χ1) is 12.7. The summed E-state index contributed by atoms with van der Waals surface area (Å²) in [5.41, 5.74) is 0.725. The Hall–Kier alpha value is -2.45. The van der Waals surface area contributed by atoms with Crippen molar-refractivity contribution >= 4 is 51.3 Å². The van der Waals surface area contributed by atoms with E-state index in [1.165, 1.54) is 19.1 Å². The third kappa shape index (κ3) is 5.05. The molecule has 2 N–H and O–H groups in total. The van der Waals surface area contributed by atoms with Crippen LogP contribution in [0.4, 0.5) is 15.1 Å². The maximum Gasteiger partial charge on any atom is 0.341 e. The Bertz CT molecular complexity index is 898. The van der Waals surface area contributed by atoms with E-state index in [4.69, 9.17) is 16.3 Å². The summed E-state index contributed by atoms with van der Waals surface area (Å²) in [7, 11) is 0. The minimum absolute atomic E-state index is 0.118. The van der Waals surface area contributed by atoms with E-state index in [2.05, 4.69) is 10.6 Å². The average molecular weight is 413 g/mol. The lowest BCUT2D eigenvalue weighted by atomic mass is 10.1.